The van der Waals surface area contributed by atoms with E-state index in [-0.39, 0.29) is 5.41 Å². The van der Waals surface area contributed by atoms with Crippen LogP contribution in [0.1, 0.15) is 105 Å². The van der Waals surface area contributed by atoms with E-state index in [4.69, 9.17) is 0 Å². The second-order valence-corrected chi connectivity index (χ2v) is 12.7. The molecule has 0 spiro atoms. The predicted octanol–water partition coefficient (Wildman–Crippen LogP) is 6.44. The predicted molar refractivity (Wildman–Crippen MR) is 120 cm³/mol. The quantitative estimate of drug-likeness (QED) is 0.553. The van der Waals surface area contributed by atoms with Gasteiger partial charge in [-0.1, -0.05) is 53.9 Å². The highest BCUT2D eigenvalue weighted by atomic mass is 16.3. The van der Waals surface area contributed by atoms with Crippen molar-refractivity contribution in [1.29, 1.82) is 0 Å². The Kier molecular flexibility index (Phi) is 6.19. The standard InChI is InChI=1S/C27H48O2/c1-17(2)7-6-8-18(3)20-11-12-21-19-9-10-23-25(29)24(28)14-16-27(23,5)22(19)13-15-26(20,21)4/h17-25,28-29H,6-16H2,1-5H3/t18-,19+,20-,21+,22+,23?,24-,25-,26-,27-/m1/s1. The molecule has 2 N–H and O–H groups in total. The van der Waals surface area contributed by atoms with Crippen LogP contribution in [-0.2, 0) is 0 Å². The molecular formula is C27H48O2. The van der Waals surface area contributed by atoms with Gasteiger partial charge in [0.15, 0.2) is 0 Å². The molecule has 0 aromatic rings. The summed E-state index contributed by atoms with van der Waals surface area (Å²) in [6.07, 6.45) is 13.3. The molecule has 0 aromatic carbocycles. The smallest absolute Gasteiger partial charge is 0.0832 e. The van der Waals surface area contributed by atoms with Gasteiger partial charge in [0, 0.05) is 0 Å². The van der Waals surface area contributed by atoms with Gasteiger partial charge in [-0.15, -0.1) is 0 Å². The lowest BCUT2D eigenvalue weighted by Crippen LogP contribution is -2.58. The molecule has 0 bridgehead atoms. The van der Waals surface area contributed by atoms with Gasteiger partial charge < -0.3 is 10.2 Å². The van der Waals surface area contributed by atoms with Gasteiger partial charge in [-0.05, 0) is 104 Å². The Balaban J connectivity index is 1.48. The lowest BCUT2D eigenvalue weighted by molar-refractivity contribution is -0.174. The third-order valence-electron chi connectivity index (χ3n) is 10.9. The lowest BCUT2D eigenvalue weighted by Gasteiger charge is -2.62. The van der Waals surface area contributed by atoms with Gasteiger partial charge in [-0.25, -0.2) is 0 Å². The fourth-order valence-electron chi connectivity index (χ4n) is 9.34. The summed E-state index contributed by atoms with van der Waals surface area (Å²) < 4.78 is 0. The Morgan fingerprint density at radius 3 is 2.14 bits per heavy atom. The van der Waals surface area contributed by atoms with E-state index in [0.717, 1.165) is 54.8 Å². The van der Waals surface area contributed by atoms with Crippen LogP contribution in [0.25, 0.3) is 0 Å². The number of aliphatic hydroxyl groups excluding tert-OH is 2. The zero-order valence-electron chi connectivity index (χ0n) is 19.9. The number of rotatable bonds is 5. The Morgan fingerprint density at radius 2 is 1.41 bits per heavy atom. The van der Waals surface area contributed by atoms with Crippen molar-refractivity contribution in [2.75, 3.05) is 0 Å². The first kappa shape index (κ1) is 22.1. The highest BCUT2D eigenvalue weighted by Gasteiger charge is 2.61. The number of hydrogen-bond acceptors (Lipinski definition) is 2. The SMILES string of the molecule is CC(C)CCC[C@@H](C)[C@H]1CC[C@H]2[C@@H]3CCC4[C@@H](O)[C@H](O)CC[C@]4(C)[C@H]3CC[C@]12C. The highest BCUT2D eigenvalue weighted by Crippen LogP contribution is 2.68. The van der Waals surface area contributed by atoms with Gasteiger partial charge in [0.1, 0.15) is 0 Å². The highest BCUT2D eigenvalue weighted by molar-refractivity contribution is 5.11. The van der Waals surface area contributed by atoms with Crippen LogP contribution >= 0.6 is 0 Å². The average molecular weight is 405 g/mol. The zero-order valence-corrected chi connectivity index (χ0v) is 19.9. The van der Waals surface area contributed by atoms with Crippen molar-refractivity contribution in [3.05, 3.63) is 0 Å². The lowest BCUT2D eigenvalue weighted by atomic mass is 9.44. The van der Waals surface area contributed by atoms with Gasteiger partial charge in [0.25, 0.3) is 0 Å². The van der Waals surface area contributed by atoms with E-state index in [1.807, 2.05) is 0 Å². The summed E-state index contributed by atoms with van der Waals surface area (Å²) in [5, 5.41) is 21.0. The van der Waals surface area contributed by atoms with Crippen LogP contribution in [-0.4, -0.2) is 22.4 Å². The first-order valence-electron chi connectivity index (χ1n) is 13.0. The maximum absolute atomic E-state index is 10.8. The van der Waals surface area contributed by atoms with Crippen molar-refractivity contribution in [1.82, 2.24) is 0 Å². The van der Waals surface area contributed by atoms with E-state index >= 15 is 0 Å². The fourth-order valence-corrected chi connectivity index (χ4v) is 9.34. The van der Waals surface area contributed by atoms with Gasteiger partial charge in [0.05, 0.1) is 12.2 Å². The maximum atomic E-state index is 10.8. The van der Waals surface area contributed by atoms with Crippen LogP contribution in [0.2, 0.25) is 0 Å². The summed E-state index contributed by atoms with van der Waals surface area (Å²) >= 11 is 0. The summed E-state index contributed by atoms with van der Waals surface area (Å²) in [7, 11) is 0. The maximum Gasteiger partial charge on any atom is 0.0832 e. The van der Waals surface area contributed by atoms with Crippen LogP contribution in [0, 0.1) is 52.3 Å². The third kappa shape index (κ3) is 3.63. The zero-order chi connectivity index (χ0) is 21.0. The van der Waals surface area contributed by atoms with Crippen LogP contribution in [0.4, 0.5) is 0 Å². The Hall–Kier alpha value is -0.0800. The Morgan fingerprint density at radius 1 is 0.759 bits per heavy atom. The minimum atomic E-state index is -0.486. The van der Waals surface area contributed by atoms with Crippen LogP contribution in [0.3, 0.4) is 0 Å². The molecule has 0 radical (unpaired) electrons. The molecule has 2 nitrogen and oxygen atoms in total. The molecule has 4 aliphatic carbocycles. The molecular weight excluding hydrogens is 356 g/mol. The van der Waals surface area contributed by atoms with Crippen molar-refractivity contribution in [3.63, 3.8) is 0 Å². The van der Waals surface area contributed by atoms with Crippen LogP contribution in [0.15, 0.2) is 0 Å². The topological polar surface area (TPSA) is 40.5 Å². The molecule has 4 saturated carbocycles. The summed E-state index contributed by atoms with van der Waals surface area (Å²) in [6, 6.07) is 0. The van der Waals surface area contributed by atoms with E-state index in [1.165, 1.54) is 51.4 Å². The first-order valence-corrected chi connectivity index (χ1v) is 13.0. The van der Waals surface area contributed by atoms with Gasteiger partial charge >= 0.3 is 0 Å². The Bertz CT molecular complexity index is 573. The van der Waals surface area contributed by atoms with Crippen molar-refractivity contribution < 1.29 is 10.2 Å². The summed E-state index contributed by atoms with van der Waals surface area (Å²) in [6.45, 7) is 12.4. The van der Waals surface area contributed by atoms with E-state index in [0.29, 0.717) is 11.3 Å². The number of fused-ring (bicyclic) bond motifs is 5. The molecule has 4 rings (SSSR count). The fraction of sp³-hybridized carbons (Fsp3) is 1.00. The van der Waals surface area contributed by atoms with E-state index < -0.39 is 12.2 Å². The third-order valence-corrected chi connectivity index (χ3v) is 10.9. The van der Waals surface area contributed by atoms with Crippen molar-refractivity contribution in [2.45, 2.75) is 117 Å². The van der Waals surface area contributed by atoms with E-state index in [9.17, 15) is 10.2 Å². The largest absolute Gasteiger partial charge is 0.390 e. The van der Waals surface area contributed by atoms with Crippen LogP contribution < -0.4 is 0 Å². The first-order chi connectivity index (χ1) is 13.7. The monoisotopic (exact) mass is 404 g/mol. The minimum absolute atomic E-state index is 0.254. The molecule has 2 heteroatoms. The summed E-state index contributed by atoms with van der Waals surface area (Å²) in [5.74, 6) is 5.50. The molecule has 0 saturated heterocycles. The minimum Gasteiger partial charge on any atom is -0.390 e. The normalized spacial score (nSPS) is 50.7. The number of hydrogen-bond donors (Lipinski definition) is 2. The molecule has 168 valence electrons. The van der Waals surface area contributed by atoms with Gasteiger partial charge in [0.2, 0.25) is 0 Å². The molecule has 10 atom stereocenters. The molecule has 4 fully saturated rings. The summed E-state index contributed by atoms with van der Waals surface area (Å²) in [4.78, 5) is 0. The van der Waals surface area contributed by atoms with Crippen molar-refractivity contribution >= 4 is 0 Å². The van der Waals surface area contributed by atoms with E-state index in [2.05, 4.69) is 34.6 Å². The second-order valence-electron chi connectivity index (χ2n) is 12.7. The van der Waals surface area contributed by atoms with Gasteiger partial charge in [-0.3, -0.25) is 0 Å². The molecule has 0 heterocycles. The van der Waals surface area contributed by atoms with Crippen LogP contribution in [0.5, 0.6) is 0 Å². The molecule has 0 aliphatic heterocycles. The molecule has 29 heavy (non-hydrogen) atoms. The number of aliphatic hydroxyl groups is 2. The van der Waals surface area contributed by atoms with Crippen molar-refractivity contribution in [2.24, 2.45) is 52.3 Å². The molecule has 0 amide bonds. The molecule has 1 unspecified atom stereocenters. The van der Waals surface area contributed by atoms with Gasteiger partial charge in [-0.2, -0.15) is 0 Å². The molecule has 0 aromatic heterocycles. The second kappa shape index (κ2) is 8.12. The average Bonchev–Trinajstić information content (AvgIpc) is 3.02. The molecule has 4 aliphatic rings. The summed E-state index contributed by atoms with van der Waals surface area (Å²) in [5.41, 5.74) is 0.804. The van der Waals surface area contributed by atoms with Crippen molar-refractivity contribution in [3.8, 4) is 0 Å². The van der Waals surface area contributed by atoms with E-state index in [1.54, 1.807) is 0 Å². The Labute approximate surface area is 180 Å².